The lowest BCUT2D eigenvalue weighted by Crippen LogP contribution is -2.48. The first-order valence-corrected chi connectivity index (χ1v) is 9.30. The number of thiophene rings is 1. The maximum atomic E-state index is 12.5. The molecule has 8 heteroatoms. The molecule has 1 amide bonds. The molecule has 1 aromatic carbocycles. The Morgan fingerprint density at radius 1 is 1.15 bits per heavy atom. The maximum absolute atomic E-state index is 12.5. The molecule has 134 valence electrons. The average Bonchev–Trinajstić information content (AvgIpc) is 3.34. The Labute approximate surface area is 155 Å². The van der Waals surface area contributed by atoms with Crippen LogP contribution in [0.5, 0.6) is 0 Å². The number of amides is 1. The number of nitrogen functional groups attached to an aromatic ring is 1. The smallest absolute Gasteiger partial charge is 0.253 e. The summed E-state index contributed by atoms with van der Waals surface area (Å²) in [5, 5.41) is 6.03. The fraction of sp³-hybridized carbons (Fsp3) is 0.278. The van der Waals surface area contributed by atoms with Crippen LogP contribution in [-0.2, 0) is 6.54 Å². The van der Waals surface area contributed by atoms with Crippen LogP contribution >= 0.6 is 11.3 Å². The molecule has 7 nitrogen and oxygen atoms in total. The second-order valence-corrected chi connectivity index (χ2v) is 7.13. The van der Waals surface area contributed by atoms with Crippen molar-refractivity contribution in [1.82, 2.24) is 19.9 Å². The summed E-state index contributed by atoms with van der Waals surface area (Å²) in [5.41, 5.74) is 7.01. The highest BCUT2D eigenvalue weighted by Crippen LogP contribution is 2.21. The molecule has 2 aromatic heterocycles. The third-order valence-electron chi connectivity index (χ3n) is 4.39. The summed E-state index contributed by atoms with van der Waals surface area (Å²) in [6, 6.07) is 11.0. The quantitative estimate of drug-likeness (QED) is 0.710. The molecule has 0 bridgehead atoms. The van der Waals surface area contributed by atoms with Gasteiger partial charge in [-0.15, -0.1) is 11.3 Å². The molecule has 1 fully saturated rings. The normalized spacial score (nSPS) is 15.3. The van der Waals surface area contributed by atoms with Gasteiger partial charge in [0, 0.05) is 37.4 Å². The number of rotatable bonds is 4. The van der Waals surface area contributed by atoms with E-state index < -0.39 is 0 Å². The lowest BCUT2D eigenvalue weighted by atomic mass is 10.1. The Morgan fingerprint density at radius 2 is 1.92 bits per heavy atom. The van der Waals surface area contributed by atoms with Gasteiger partial charge in [-0.3, -0.25) is 9.69 Å². The third-order valence-corrected chi connectivity index (χ3v) is 5.25. The van der Waals surface area contributed by atoms with Crippen LogP contribution in [0.2, 0.25) is 0 Å². The molecule has 1 aliphatic rings. The number of benzene rings is 1. The van der Waals surface area contributed by atoms with E-state index in [1.165, 1.54) is 0 Å². The van der Waals surface area contributed by atoms with Crippen molar-refractivity contribution < 1.29 is 9.32 Å². The Morgan fingerprint density at radius 3 is 2.62 bits per heavy atom. The van der Waals surface area contributed by atoms with Gasteiger partial charge in [0.1, 0.15) is 0 Å². The summed E-state index contributed by atoms with van der Waals surface area (Å²) in [5.74, 6) is 1.28. The number of hydrogen-bond acceptors (Lipinski definition) is 7. The van der Waals surface area contributed by atoms with Gasteiger partial charge >= 0.3 is 0 Å². The number of nitrogens with two attached hydrogens (primary N) is 1. The van der Waals surface area contributed by atoms with Gasteiger partial charge in [-0.05, 0) is 35.7 Å². The van der Waals surface area contributed by atoms with Crippen molar-refractivity contribution in [2.45, 2.75) is 6.54 Å². The molecule has 0 atom stereocenters. The monoisotopic (exact) mass is 369 g/mol. The minimum atomic E-state index is 0.0439. The molecule has 0 aliphatic carbocycles. The molecule has 1 aliphatic heterocycles. The predicted octanol–water partition coefficient (Wildman–Crippen LogP) is 2.34. The first-order valence-electron chi connectivity index (χ1n) is 8.43. The molecule has 0 saturated carbocycles. The lowest BCUT2D eigenvalue weighted by Gasteiger charge is -2.34. The summed E-state index contributed by atoms with van der Waals surface area (Å²) >= 11 is 1.59. The van der Waals surface area contributed by atoms with Crippen LogP contribution in [0.3, 0.4) is 0 Å². The maximum Gasteiger partial charge on any atom is 0.253 e. The lowest BCUT2D eigenvalue weighted by molar-refractivity contribution is 0.0615. The molecule has 26 heavy (non-hydrogen) atoms. The van der Waals surface area contributed by atoms with Gasteiger partial charge in [0.05, 0.1) is 11.4 Å². The van der Waals surface area contributed by atoms with E-state index in [1.54, 1.807) is 35.6 Å². The summed E-state index contributed by atoms with van der Waals surface area (Å²) < 4.78 is 5.36. The fourth-order valence-corrected chi connectivity index (χ4v) is 3.58. The molecule has 4 rings (SSSR count). The second-order valence-electron chi connectivity index (χ2n) is 6.18. The number of nitrogens with zero attached hydrogens (tertiary/aromatic N) is 4. The van der Waals surface area contributed by atoms with E-state index in [1.807, 2.05) is 22.4 Å². The van der Waals surface area contributed by atoms with Gasteiger partial charge in [-0.2, -0.15) is 4.98 Å². The van der Waals surface area contributed by atoms with Crippen LogP contribution < -0.4 is 5.73 Å². The van der Waals surface area contributed by atoms with Crippen LogP contribution in [0.1, 0.15) is 16.2 Å². The summed E-state index contributed by atoms with van der Waals surface area (Å²) in [6.45, 7) is 3.50. The largest absolute Gasteiger partial charge is 0.399 e. The minimum absolute atomic E-state index is 0.0439. The molecule has 0 spiro atoms. The summed E-state index contributed by atoms with van der Waals surface area (Å²) in [6.07, 6.45) is 0. The Kier molecular flexibility index (Phi) is 4.68. The van der Waals surface area contributed by atoms with E-state index >= 15 is 0 Å². The number of anilines is 1. The van der Waals surface area contributed by atoms with Gasteiger partial charge in [0.25, 0.3) is 5.91 Å². The van der Waals surface area contributed by atoms with Crippen molar-refractivity contribution >= 4 is 22.9 Å². The van der Waals surface area contributed by atoms with Crippen LogP contribution in [-0.4, -0.2) is 52.0 Å². The average molecular weight is 369 g/mol. The zero-order valence-corrected chi connectivity index (χ0v) is 15.0. The number of aromatic nitrogens is 2. The van der Waals surface area contributed by atoms with Crippen LogP contribution in [0.15, 0.2) is 46.3 Å². The molecule has 0 unspecified atom stereocenters. The van der Waals surface area contributed by atoms with Gasteiger partial charge in [0.2, 0.25) is 11.7 Å². The first-order chi connectivity index (χ1) is 12.7. The van der Waals surface area contributed by atoms with E-state index in [2.05, 4.69) is 15.0 Å². The van der Waals surface area contributed by atoms with Crippen molar-refractivity contribution in [3.05, 3.63) is 53.2 Å². The molecule has 2 N–H and O–H groups in total. The Balaban J connectivity index is 1.32. The SMILES string of the molecule is Nc1ccc(C(=O)N2CCN(Cc3nc(-c4cccs4)no3)CC2)cc1. The van der Waals surface area contributed by atoms with E-state index in [9.17, 15) is 4.79 Å². The molecule has 0 radical (unpaired) electrons. The van der Waals surface area contributed by atoms with E-state index in [0.29, 0.717) is 42.6 Å². The molecular weight excluding hydrogens is 350 g/mol. The highest BCUT2D eigenvalue weighted by Gasteiger charge is 2.23. The van der Waals surface area contributed by atoms with Crippen LogP contribution in [0.25, 0.3) is 10.7 Å². The zero-order valence-electron chi connectivity index (χ0n) is 14.2. The van der Waals surface area contributed by atoms with Crippen LogP contribution in [0.4, 0.5) is 5.69 Å². The van der Waals surface area contributed by atoms with Crippen LogP contribution in [0, 0.1) is 0 Å². The first kappa shape index (κ1) is 16.7. The summed E-state index contributed by atoms with van der Waals surface area (Å²) in [4.78, 5) is 22.1. The Hall–Kier alpha value is -2.71. The number of carbonyl (C=O) groups excluding carboxylic acids is 1. The number of carbonyl (C=O) groups is 1. The topological polar surface area (TPSA) is 88.5 Å². The minimum Gasteiger partial charge on any atom is -0.399 e. The third kappa shape index (κ3) is 3.61. The standard InChI is InChI=1S/C18H19N5O2S/c19-14-5-3-13(4-6-14)18(24)23-9-7-22(8-10-23)12-16-20-17(21-25-16)15-2-1-11-26-15/h1-6,11H,7-10,12,19H2. The van der Waals surface area contributed by atoms with Crippen molar-refractivity contribution in [1.29, 1.82) is 0 Å². The molecular formula is C18H19N5O2S. The highest BCUT2D eigenvalue weighted by atomic mass is 32.1. The van der Waals surface area contributed by atoms with E-state index in [4.69, 9.17) is 10.3 Å². The van der Waals surface area contributed by atoms with Crippen molar-refractivity contribution in [3.63, 3.8) is 0 Å². The zero-order chi connectivity index (χ0) is 17.9. The van der Waals surface area contributed by atoms with E-state index in [-0.39, 0.29) is 5.91 Å². The predicted molar refractivity (Wildman–Crippen MR) is 99.6 cm³/mol. The van der Waals surface area contributed by atoms with Gasteiger partial charge < -0.3 is 15.2 Å². The van der Waals surface area contributed by atoms with Crippen molar-refractivity contribution in [3.8, 4) is 10.7 Å². The Bertz CT molecular complexity index is 867. The van der Waals surface area contributed by atoms with Crippen molar-refractivity contribution in [2.24, 2.45) is 0 Å². The summed E-state index contributed by atoms with van der Waals surface area (Å²) in [7, 11) is 0. The molecule has 3 heterocycles. The van der Waals surface area contributed by atoms with E-state index in [0.717, 1.165) is 18.0 Å². The van der Waals surface area contributed by atoms with Gasteiger partial charge in [-0.25, -0.2) is 0 Å². The van der Waals surface area contributed by atoms with Gasteiger partial charge in [-0.1, -0.05) is 11.2 Å². The number of hydrogen-bond donors (Lipinski definition) is 1. The fourth-order valence-electron chi connectivity index (χ4n) is 2.93. The van der Waals surface area contributed by atoms with Crippen molar-refractivity contribution in [2.75, 3.05) is 31.9 Å². The van der Waals surface area contributed by atoms with Gasteiger partial charge in [0.15, 0.2) is 0 Å². The molecule has 1 saturated heterocycles. The second kappa shape index (κ2) is 7.27. The molecule has 3 aromatic rings. The number of piperazine rings is 1. The highest BCUT2D eigenvalue weighted by molar-refractivity contribution is 7.13.